The van der Waals surface area contributed by atoms with Crippen molar-refractivity contribution in [2.24, 2.45) is 11.8 Å². The van der Waals surface area contributed by atoms with Crippen molar-refractivity contribution in [1.82, 2.24) is 0 Å². The maximum Gasteiger partial charge on any atom is -0.00524 e. The Hall–Kier alpha value is -2.08. The van der Waals surface area contributed by atoms with Crippen molar-refractivity contribution in [3.8, 4) is 0 Å². The van der Waals surface area contributed by atoms with E-state index in [0.717, 1.165) is 6.42 Å². The molecule has 0 heterocycles. The first-order chi connectivity index (χ1) is 14.2. The third-order valence-electron chi connectivity index (χ3n) is 6.65. The van der Waals surface area contributed by atoms with Gasteiger partial charge in [0, 0.05) is 0 Å². The number of benzene rings is 2. The van der Waals surface area contributed by atoms with E-state index in [4.69, 9.17) is 0 Å². The minimum Gasteiger partial charge on any atom is -0.0626 e. The fraction of sp³-hybridized carbons (Fsp3) is 0.467. The van der Waals surface area contributed by atoms with E-state index in [1.54, 1.807) is 16.7 Å². The first kappa shape index (κ1) is 22.6. The van der Waals surface area contributed by atoms with E-state index in [2.05, 4.69) is 104 Å². The van der Waals surface area contributed by atoms with Gasteiger partial charge in [0.1, 0.15) is 0 Å². The molecule has 0 amide bonds. The zero-order valence-corrected chi connectivity index (χ0v) is 20.3. The lowest BCUT2D eigenvalue weighted by molar-refractivity contribution is 0.748. The topological polar surface area (TPSA) is 0 Å². The van der Waals surface area contributed by atoms with Crippen LogP contribution in [0.15, 0.2) is 47.5 Å². The van der Waals surface area contributed by atoms with Crippen molar-refractivity contribution in [3.63, 3.8) is 0 Å². The molecule has 2 aromatic rings. The molecule has 2 aromatic carbocycles. The molecule has 0 unspecified atom stereocenters. The lowest BCUT2D eigenvalue weighted by Crippen LogP contribution is -1.98. The van der Waals surface area contributed by atoms with Crippen molar-refractivity contribution in [3.05, 3.63) is 80.9 Å². The maximum atomic E-state index is 2.41. The van der Waals surface area contributed by atoms with Crippen molar-refractivity contribution in [1.29, 1.82) is 0 Å². The number of allylic oxidation sites excluding steroid dienone is 2. The minimum atomic E-state index is 0.628. The predicted octanol–water partition coefficient (Wildman–Crippen LogP) is 8.81. The number of fused-ring (bicyclic) bond motifs is 2. The lowest BCUT2D eigenvalue weighted by atomic mass is 9.92. The van der Waals surface area contributed by atoms with Gasteiger partial charge in [-0.15, -0.1) is 0 Å². The molecule has 0 bridgehead atoms. The predicted molar refractivity (Wildman–Crippen MR) is 134 cm³/mol. The van der Waals surface area contributed by atoms with Gasteiger partial charge in [-0.05, 0) is 69.9 Å². The summed E-state index contributed by atoms with van der Waals surface area (Å²) >= 11 is 0. The molecule has 0 aromatic heterocycles. The second-order valence-corrected chi connectivity index (χ2v) is 10.2. The van der Waals surface area contributed by atoms with Gasteiger partial charge in [-0.25, -0.2) is 0 Å². The highest BCUT2D eigenvalue weighted by atomic mass is 14.2. The Labute approximate surface area is 185 Å². The molecule has 2 aliphatic carbocycles. The van der Waals surface area contributed by atoms with E-state index in [1.165, 1.54) is 34.2 Å². The van der Waals surface area contributed by atoms with Crippen molar-refractivity contribution in [2.75, 3.05) is 0 Å². The smallest absolute Gasteiger partial charge is 0.00524 e. The molecule has 2 aliphatic rings. The standard InChI is InChI=1S/2C15H20/c2*1-10(2)13-8-12-6-5-7-14(11(3)4)15(12)9-13/h5-7,9-11H,8H2,1-4H3;5-8,10-11H,9H2,1-4H3. The van der Waals surface area contributed by atoms with Crippen molar-refractivity contribution >= 4 is 12.2 Å². The van der Waals surface area contributed by atoms with E-state index in [0.29, 0.717) is 23.7 Å². The van der Waals surface area contributed by atoms with Gasteiger partial charge >= 0.3 is 0 Å². The van der Waals surface area contributed by atoms with Gasteiger partial charge < -0.3 is 0 Å². The van der Waals surface area contributed by atoms with Gasteiger partial charge in [-0.1, -0.05) is 115 Å². The number of hydrogen-bond donors (Lipinski definition) is 0. The Morgan fingerprint density at radius 1 is 0.567 bits per heavy atom. The van der Waals surface area contributed by atoms with Crippen molar-refractivity contribution in [2.45, 2.75) is 80.1 Å². The van der Waals surface area contributed by atoms with E-state index in [1.807, 2.05) is 0 Å². The summed E-state index contributed by atoms with van der Waals surface area (Å²) in [5, 5.41) is 0. The van der Waals surface area contributed by atoms with Gasteiger partial charge in [0.15, 0.2) is 0 Å². The van der Waals surface area contributed by atoms with Crippen LogP contribution in [-0.2, 0) is 12.8 Å². The van der Waals surface area contributed by atoms with Gasteiger partial charge in [0.2, 0.25) is 0 Å². The van der Waals surface area contributed by atoms with Gasteiger partial charge in [-0.2, -0.15) is 0 Å². The third kappa shape index (κ3) is 4.80. The molecule has 0 saturated heterocycles. The van der Waals surface area contributed by atoms with Gasteiger partial charge in [-0.3, -0.25) is 0 Å². The summed E-state index contributed by atoms with van der Waals surface area (Å²) in [6.45, 7) is 18.2. The highest BCUT2D eigenvalue weighted by Crippen LogP contribution is 2.35. The molecule has 0 saturated carbocycles. The monoisotopic (exact) mass is 400 g/mol. The Bertz CT molecular complexity index is 948. The molecule has 0 spiro atoms. The zero-order valence-electron chi connectivity index (χ0n) is 20.3. The summed E-state index contributed by atoms with van der Waals surface area (Å²) in [5.74, 6) is 2.62. The minimum absolute atomic E-state index is 0.628. The molecule has 4 rings (SSSR count). The van der Waals surface area contributed by atoms with Crippen molar-refractivity contribution < 1.29 is 0 Å². The summed E-state index contributed by atoms with van der Waals surface area (Å²) in [6.07, 6.45) is 7.12. The molecule has 0 radical (unpaired) electrons. The van der Waals surface area contributed by atoms with Crippen LogP contribution in [0.1, 0.15) is 101 Å². The first-order valence-electron chi connectivity index (χ1n) is 11.8. The van der Waals surface area contributed by atoms with E-state index in [-0.39, 0.29) is 0 Å². The second-order valence-electron chi connectivity index (χ2n) is 10.2. The van der Waals surface area contributed by atoms with Crippen LogP contribution in [0, 0.1) is 11.8 Å². The third-order valence-corrected chi connectivity index (χ3v) is 6.65. The molecule has 0 nitrogen and oxygen atoms in total. The van der Waals surface area contributed by atoms with E-state index < -0.39 is 0 Å². The Morgan fingerprint density at radius 3 is 1.73 bits per heavy atom. The fourth-order valence-electron chi connectivity index (χ4n) is 4.62. The largest absolute Gasteiger partial charge is 0.0626 e. The second kappa shape index (κ2) is 9.38. The first-order valence-corrected chi connectivity index (χ1v) is 11.8. The van der Waals surface area contributed by atoms with E-state index >= 15 is 0 Å². The van der Waals surface area contributed by atoms with Crippen LogP contribution in [0.2, 0.25) is 0 Å². The molecular weight excluding hydrogens is 360 g/mol. The molecular formula is C30H40. The van der Waals surface area contributed by atoms with Crippen LogP contribution in [0.3, 0.4) is 0 Å². The molecule has 0 aliphatic heterocycles. The maximum absolute atomic E-state index is 2.41. The lowest BCUT2D eigenvalue weighted by Gasteiger charge is -2.12. The Kier molecular flexibility index (Phi) is 7.06. The SMILES string of the molecule is CC(C)C1=Cc2c(cccc2C(C)C)C1.CC(C)C1=Cc2cccc(C(C)C)c2C1. The average molecular weight is 401 g/mol. The Morgan fingerprint density at radius 2 is 1.13 bits per heavy atom. The highest BCUT2D eigenvalue weighted by molar-refractivity contribution is 5.68. The quantitative estimate of drug-likeness (QED) is 0.481. The number of rotatable bonds is 4. The van der Waals surface area contributed by atoms with Gasteiger partial charge in [0.25, 0.3) is 0 Å². The molecule has 30 heavy (non-hydrogen) atoms. The fourth-order valence-corrected chi connectivity index (χ4v) is 4.62. The summed E-state index contributed by atoms with van der Waals surface area (Å²) in [7, 11) is 0. The molecule has 0 fully saturated rings. The number of hydrogen-bond acceptors (Lipinski definition) is 0. The average Bonchev–Trinajstić information content (AvgIpc) is 3.32. The van der Waals surface area contributed by atoms with Gasteiger partial charge in [0.05, 0.1) is 0 Å². The van der Waals surface area contributed by atoms with Crippen LogP contribution in [0.5, 0.6) is 0 Å². The van der Waals surface area contributed by atoms with Crippen LogP contribution in [0.4, 0.5) is 0 Å². The zero-order chi connectivity index (χ0) is 22.0. The Balaban J connectivity index is 0.000000171. The molecule has 160 valence electrons. The molecule has 0 N–H and O–H groups in total. The van der Waals surface area contributed by atoms with Crippen LogP contribution in [-0.4, -0.2) is 0 Å². The summed E-state index contributed by atoms with van der Waals surface area (Å²) in [6, 6.07) is 13.5. The van der Waals surface area contributed by atoms with E-state index in [9.17, 15) is 0 Å². The molecule has 0 heteroatoms. The highest BCUT2D eigenvalue weighted by Gasteiger charge is 2.19. The summed E-state index contributed by atoms with van der Waals surface area (Å²) in [5.41, 5.74) is 12.2. The van der Waals surface area contributed by atoms with Crippen LogP contribution in [0.25, 0.3) is 12.2 Å². The van der Waals surface area contributed by atoms with Crippen LogP contribution < -0.4 is 0 Å². The summed E-state index contributed by atoms with van der Waals surface area (Å²) in [4.78, 5) is 0. The summed E-state index contributed by atoms with van der Waals surface area (Å²) < 4.78 is 0. The normalized spacial score (nSPS) is 14.7. The van der Waals surface area contributed by atoms with Crippen LogP contribution >= 0.6 is 0 Å². The molecule has 0 atom stereocenters.